The van der Waals surface area contributed by atoms with Crippen LogP contribution in [-0.4, -0.2) is 31.6 Å². The second-order valence-electron chi connectivity index (χ2n) is 8.62. The molecule has 1 aromatic heterocycles. The van der Waals surface area contributed by atoms with E-state index >= 15 is 0 Å². The molecule has 0 bridgehead atoms. The summed E-state index contributed by atoms with van der Waals surface area (Å²) in [5, 5.41) is 5.17. The van der Waals surface area contributed by atoms with Crippen LogP contribution < -0.4 is 19.7 Å². The van der Waals surface area contributed by atoms with Gasteiger partial charge in [-0.2, -0.15) is 0 Å². The maximum Gasteiger partial charge on any atom is 0.248 e. The minimum atomic E-state index is -0.837. The van der Waals surface area contributed by atoms with Crippen molar-refractivity contribution in [3.63, 3.8) is 0 Å². The van der Waals surface area contributed by atoms with E-state index in [0.29, 0.717) is 23.6 Å². The first-order valence-electron chi connectivity index (χ1n) is 12.1. The molecule has 0 aliphatic heterocycles. The number of carbonyl (C=O) groups excluding carboxylic acids is 2. The maximum absolute atomic E-state index is 13.8. The summed E-state index contributed by atoms with van der Waals surface area (Å²) in [6.45, 7) is 2.48. The number of nitrogens with one attached hydrogen (secondary N) is 1. The van der Waals surface area contributed by atoms with Crippen LogP contribution in [0.3, 0.4) is 0 Å². The molecule has 7 heteroatoms. The molecule has 0 saturated heterocycles. The first-order chi connectivity index (χ1) is 17.1. The summed E-state index contributed by atoms with van der Waals surface area (Å²) in [4.78, 5) is 30.2. The normalized spacial score (nSPS) is 14.3. The van der Waals surface area contributed by atoms with E-state index in [1.165, 1.54) is 11.3 Å². The molecule has 1 fully saturated rings. The van der Waals surface area contributed by atoms with Crippen LogP contribution in [0.15, 0.2) is 66.0 Å². The summed E-state index contributed by atoms with van der Waals surface area (Å²) < 4.78 is 11.0. The molecule has 0 unspecified atom stereocenters. The van der Waals surface area contributed by atoms with Gasteiger partial charge in [0.1, 0.15) is 17.5 Å². The Morgan fingerprint density at radius 3 is 2.49 bits per heavy atom. The Labute approximate surface area is 210 Å². The number of rotatable bonds is 10. The molecule has 0 spiro atoms. The number of benzene rings is 2. The quantitative estimate of drug-likeness (QED) is 0.404. The van der Waals surface area contributed by atoms with E-state index in [4.69, 9.17) is 9.47 Å². The van der Waals surface area contributed by atoms with Crippen molar-refractivity contribution in [2.45, 2.75) is 51.1 Å². The zero-order valence-electron chi connectivity index (χ0n) is 20.2. The summed E-state index contributed by atoms with van der Waals surface area (Å²) in [7, 11) is 1.60. The molecule has 2 aromatic carbocycles. The predicted octanol–water partition coefficient (Wildman–Crippen LogP) is 5.53. The van der Waals surface area contributed by atoms with Crippen LogP contribution in [-0.2, 0) is 16.0 Å². The van der Waals surface area contributed by atoms with Gasteiger partial charge in [0.2, 0.25) is 11.8 Å². The third kappa shape index (κ3) is 6.22. The first-order valence-corrected chi connectivity index (χ1v) is 13.0. The zero-order chi connectivity index (χ0) is 24.6. The van der Waals surface area contributed by atoms with Crippen LogP contribution >= 0.6 is 11.3 Å². The minimum absolute atomic E-state index is 0.130. The number of nitrogens with zero attached hydrogens (tertiary/aromatic N) is 1. The van der Waals surface area contributed by atoms with Crippen molar-refractivity contribution in [2.24, 2.45) is 0 Å². The molecule has 35 heavy (non-hydrogen) atoms. The highest BCUT2D eigenvalue weighted by atomic mass is 32.1. The number of hydrogen-bond acceptors (Lipinski definition) is 5. The predicted molar refractivity (Wildman–Crippen MR) is 139 cm³/mol. The third-order valence-electron chi connectivity index (χ3n) is 6.22. The lowest BCUT2D eigenvalue weighted by molar-refractivity contribution is -0.127. The molecular formula is C28H32N2O4S. The van der Waals surface area contributed by atoms with Gasteiger partial charge in [0.05, 0.1) is 20.1 Å². The molecule has 1 saturated carbocycles. The van der Waals surface area contributed by atoms with Crippen LogP contribution in [0.5, 0.6) is 11.5 Å². The molecule has 184 valence electrons. The topological polar surface area (TPSA) is 67.9 Å². The Morgan fingerprint density at radius 2 is 1.83 bits per heavy atom. The van der Waals surface area contributed by atoms with Crippen molar-refractivity contribution in [3.8, 4) is 11.5 Å². The smallest absolute Gasteiger partial charge is 0.248 e. The molecule has 1 aliphatic carbocycles. The number of ether oxygens (including phenoxy) is 2. The first kappa shape index (κ1) is 24.8. The van der Waals surface area contributed by atoms with Crippen molar-refractivity contribution in [1.29, 1.82) is 0 Å². The van der Waals surface area contributed by atoms with Gasteiger partial charge in [0.15, 0.2) is 0 Å². The molecule has 1 heterocycles. The standard InChI is InChI=1S/C28H32N2O4S/c1-3-34-23-15-13-22(14-16-23)30(26(31)19-25-12-7-17-35-25)27(20-8-6-11-24(18-20)33-2)28(32)29-21-9-4-5-10-21/h6-8,11-18,21,27H,3-5,9-10,19H2,1-2H3,(H,29,32)/t27-/m1/s1. The number of carbonyl (C=O) groups is 2. The van der Waals surface area contributed by atoms with Gasteiger partial charge in [-0.05, 0) is 73.2 Å². The van der Waals surface area contributed by atoms with E-state index in [1.807, 2.05) is 73.0 Å². The van der Waals surface area contributed by atoms with Gasteiger partial charge in [0.25, 0.3) is 0 Å². The molecule has 1 N–H and O–H groups in total. The van der Waals surface area contributed by atoms with Crippen LogP contribution in [0.4, 0.5) is 5.69 Å². The number of thiophene rings is 1. The Hall–Kier alpha value is -3.32. The van der Waals surface area contributed by atoms with E-state index in [9.17, 15) is 9.59 Å². The maximum atomic E-state index is 13.8. The molecular weight excluding hydrogens is 460 g/mol. The van der Waals surface area contributed by atoms with E-state index in [-0.39, 0.29) is 24.3 Å². The summed E-state index contributed by atoms with van der Waals surface area (Å²) in [6, 6.07) is 17.9. The third-order valence-corrected chi connectivity index (χ3v) is 7.09. The van der Waals surface area contributed by atoms with Gasteiger partial charge in [-0.15, -0.1) is 11.3 Å². The largest absolute Gasteiger partial charge is 0.497 e. The van der Waals surface area contributed by atoms with E-state index in [1.54, 1.807) is 12.0 Å². The van der Waals surface area contributed by atoms with E-state index in [2.05, 4.69) is 5.32 Å². The molecule has 6 nitrogen and oxygen atoms in total. The Morgan fingerprint density at radius 1 is 1.06 bits per heavy atom. The lowest BCUT2D eigenvalue weighted by atomic mass is 10.0. The van der Waals surface area contributed by atoms with Gasteiger partial charge in [0, 0.05) is 16.6 Å². The van der Waals surface area contributed by atoms with Crippen LogP contribution in [0, 0.1) is 0 Å². The molecule has 0 radical (unpaired) electrons. The summed E-state index contributed by atoms with van der Waals surface area (Å²) in [5.74, 6) is 1.03. The number of amides is 2. The SMILES string of the molecule is CCOc1ccc(N(C(=O)Cc2cccs2)[C@@H](C(=O)NC2CCCC2)c2cccc(OC)c2)cc1. The Kier molecular flexibility index (Phi) is 8.42. The lowest BCUT2D eigenvalue weighted by Gasteiger charge is -2.32. The molecule has 4 rings (SSSR count). The van der Waals surface area contributed by atoms with Crippen LogP contribution in [0.1, 0.15) is 49.1 Å². The summed E-state index contributed by atoms with van der Waals surface area (Å²) in [5.41, 5.74) is 1.35. The zero-order valence-corrected chi connectivity index (χ0v) is 21.1. The van der Waals surface area contributed by atoms with Crippen molar-refractivity contribution >= 4 is 28.8 Å². The molecule has 1 aliphatic rings. The monoisotopic (exact) mass is 492 g/mol. The second-order valence-corrected chi connectivity index (χ2v) is 9.65. The van der Waals surface area contributed by atoms with E-state index < -0.39 is 6.04 Å². The average molecular weight is 493 g/mol. The van der Waals surface area contributed by atoms with Crippen LogP contribution in [0.25, 0.3) is 0 Å². The van der Waals surface area contributed by atoms with Gasteiger partial charge in [-0.1, -0.05) is 31.0 Å². The highest BCUT2D eigenvalue weighted by Gasteiger charge is 2.34. The van der Waals surface area contributed by atoms with Crippen LogP contribution in [0.2, 0.25) is 0 Å². The minimum Gasteiger partial charge on any atom is -0.497 e. The molecule has 2 amide bonds. The molecule has 3 aromatic rings. The summed E-state index contributed by atoms with van der Waals surface area (Å²) in [6.07, 6.45) is 4.34. The van der Waals surface area contributed by atoms with Crippen molar-refractivity contribution in [1.82, 2.24) is 5.32 Å². The fourth-order valence-electron chi connectivity index (χ4n) is 4.53. The molecule has 1 atom stereocenters. The average Bonchev–Trinajstić information content (AvgIpc) is 3.58. The lowest BCUT2D eigenvalue weighted by Crippen LogP contribution is -2.46. The Balaban J connectivity index is 1.76. The highest BCUT2D eigenvalue weighted by molar-refractivity contribution is 7.10. The van der Waals surface area contributed by atoms with Crippen molar-refractivity contribution in [2.75, 3.05) is 18.6 Å². The van der Waals surface area contributed by atoms with E-state index in [0.717, 1.165) is 36.3 Å². The fourth-order valence-corrected chi connectivity index (χ4v) is 5.23. The van der Waals surface area contributed by atoms with Gasteiger partial charge >= 0.3 is 0 Å². The number of anilines is 1. The fraction of sp³-hybridized carbons (Fsp3) is 0.357. The number of methoxy groups -OCH3 is 1. The summed E-state index contributed by atoms with van der Waals surface area (Å²) >= 11 is 1.53. The number of hydrogen-bond donors (Lipinski definition) is 1. The highest BCUT2D eigenvalue weighted by Crippen LogP contribution is 2.33. The van der Waals surface area contributed by atoms with Gasteiger partial charge < -0.3 is 14.8 Å². The van der Waals surface area contributed by atoms with Crippen molar-refractivity contribution < 1.29 is 19.1 Å². The second kappa shape index (κ2) is 11.9. The van der Waals surface area contributed by atoms with Gasteiger partial charge in [-0.25, -0.2) is 0 Å². The van der Waals surface area contributed by atoms with Gasteiger partial charge in [-0.3, -0.25) is 14.5 Å². The Bertz CT molecular complexity index is 1110. The van der Waals surface area contributed by atoms with Crippen molar-refractivity contribution in [3.05, 3.63) is 76.5 Å².